The number of carbonyl (C=O) groups is 1. The summed E-state index contributed by atoms with van der Waals surface area (Å²) >= 11 is 0. The van der Waals surface area contributed by atoms with Gasteiger partial charge in [-0.25, -0.2) is 0 Å². The Bertz CT molecular complexity index is 499. The molecule has 1 aromatic carbocycles. The first-order chi connectivity index (χ1) is 9.59. The van der Waals surface area contributed by atoms with Gasteiger partial charge >= 0.3 is 0 Å². The van der Waals surface area contributed by atoms with Crippen molar-refractivity contribution in [2.75, 3.05) is 31.6 Å². The van der Waals surface area contributed by atoms with Gasteiger partial charge in [0, 0.05) is 25.6 Å². The van der Waals surface area contributed by atoms with Crippen LogP contribution in [0, 0.1) is 5.21 Å². The number of carbonyl (C=O) groups excluding carboxylic acids is 1. The molecule has 0 spiro atoms. The van der Waals surface area contributed by atoms with Crippen molar-refractivity contribution in [2.45, 2.75) is 19.8 Å². The Morgan fingerprint density at radius 3 is 2.30 bits per heavy atom. The standard InChI is InChI=1S/C10H11NO.C5H10N2O/c12-10-7-4-8-11(10)9-5-2-1-3-6-9;1-5-6(2)3-4-7(5)8/h1-3,5-6H,4,7-8H2;3-4H2,1-2H3. The molecule has 1 aromatic rings. The fourth-order valence-corrected chi connectivity index (χ4v) is 2.28. The SMILES string of the molecule is CC1=[N+]([O-])CCN1C.O=C1CCCN1c1ccccc1. The lowest BCUT2D eigenvalue weighted by Crippen LogP contribution is -2.23. The molecule has 2 aliphatic rings. The van der Waals surface area contributed by atoms with Gasteiger partial charge in [0.15, 0.2) is 0 Å². The highest BCUT2D eigenvalue weighted by atomic mass is 16.5. The summed E-state index contributed by atoms with van der Waals surface area (Å²) in [6.45, 7) is 4.21. The van der Waals surface area contributed by atoms with Crippen LogP contribution in [0.25, 0.3) is 0 Å². The van der Waals surface area contributed by atoms with Gasteiger partial charge in [0.05, 0.1) is 7.05 Å². The average Bonchev–Trinajstić information content (AvgIpc) is 3.02. The van der Waals surface area contributed by atoms with Gasteiger partial charge in [-0.1, -0.05) is 18.2 Å². The third-order valence-electron chi connectivity index (χ3n) is 3.69. The second kappa shape index (κ2) is 6.41. The molecule has 5 nitrogen and oxygen atoms in total. The Labute approximate surface area is 119 Å². The molecule has 3 rings (SSSR count). The zero-order valence-corrected chi connectivity index (χ0v) is 12.1. The molecule has 0 N–H and O–H groups in total. The summed E-state index contributed by atoms with van der Waals surface area (Å²) < 4.78 is 1.01. The lowest BCUT2D eigenvalue weighted by atomic mass is 10.3. The predicted molar refractivity (Wildman–Crippen MR) is 79.8 cm³/mol. The first-order valence-electron chi connectivity index (χ1n) is 6.94. The zero-order valence-electron chi connectivity index (χ0n) is 12.1. The van der Waals surface area contributed by atoms with Crippen molar-refractivity contribution in [3.05, 3.63) is 35.5 Å². The number of benzene rings is 1. The summed E-state index contributed by atoms with van der Waals surface area (Å²) in [5.74, 6) is 1.08. The molecular formula is C15H21N3O2. The van der Waals surface area contributed by atoms with E-state index in [0.29, 0.717) is 13.0 Å². The highest BCUT2D eigenvalue weighted by molar-refractivity contribution is 5.95. The third kappa shape index (κ3) is 3.29. The Morgan fingerprint density at radius 1 is 1.20 bits per heavy atom. The van der Waals surface area contributed by atoms with Crippen LogP contribution < -0.4 is 4.90 Å². The van der Waals surface area contributed by atoms with Crippen molar-refractivity contribution in [1.82, 2.24) is 4.90 Å². The maximum absolute atomic E-state index is 11.3. The summed E-state index contributed by atoms with van der Waals surface area (Å²) in [6, 6.07) is 9.83. The minimum Gasteiger partial charge on any atom is -0.715 e. The van der Waals surface area contributed by atoms with Crippen LogP contribution in [0.15, 0.2) is 30.3 Å². The van der Waals surface area contributed by atoms with Crippen molar-refractivity contribution in [1.29, 1.82) is 0 Å². The maximum atomic E-state index is 11.3. The van der Waals surface area contributed by atoms with Crippen LogP contribution in [-0.2, 0) is 4.79 Å². The number of rotatable bonds is 1. The molecule has 0 bridgehead atoms. The van der Waals surface area contributed by atoms with Gasteiger partial charge in [-0.15, -0.1) is 0 Å². The van der Waals surface area contributed by atoms with Crippen LogP contribution in [0.5, 0.6) is 0 Å². The minimum absolute atomic E-state index is 0.251. The Kier molecular flexibility index (Phi) is 4.61. The number of amides is 1. The first-order valence-corrected chi connectivity index (χ1v) is 6.94. The van der Waals surface area contributed by atoms with Crippen LogP contribution >= 0.6 is 0 Å². The molecule has 5 heteroatoms. The molecule has 0 unspecified atom stereocenters. The van der Waals surface area contributed by atoms with E-state index < -0.39 is 0 Å². The molecule has 0 atom stereocenters. The fourth-order valence-electron chi connectivity index (χ4n) is 2.28. The highest BCUT2D eigenvalue weighted by Gasteiger charge is 2.20. The van der Waals surface area contributed by atoms with E-state index in [0.717, 1.165) is 35.8 Å². The number of likely N-dealkylation sites (N-methyl/N-ethyl adjacent to an activating group) is 1. The van der Waals surface area contributed by atoms with E-state index in [1.165, 1.54) is 0 Å². The molecule has 1 saturated heterocycles. The molecule has 2 aliphatic heterocycles. The number of hydrogen-bond acceptors (Lipinski definition) is 3. The molecule has 0 saturated carbocycles. The van der Waals surface area contributed by atoms with E-state index >= 15 is 0 Å². The fraction of sp³-hybridized carbons (Fsp3) is 0.467. The van der Waals surface area contributed by atoms with Crippen LogP contribution in [0.3, 0.4) is 0 Å². The first kappa shape index (κ1) is 14.4. The van der Waals surface area contributed by atoms with Gasteiger partial charge in [0.1, 0.15) is 13.1 Å². The Balaban J connectivity index is 0.000000160. The van der Waals surface area contributed by atoms with E-state index in [4.69, 9.17) is 0 Å². The number of hydrogen-bond donors (Lipinski definition) is 0. The van der Waals surface area contributed by atoms with E-state index in [9.17, 15) is 10.0 Å². The minimum atomic E-state index is 0.251. The summed E-state index contributed by atoms with van der Waals surface area (Å²) in [6.07, 6.45) is 1.70. The van der Waals surface area contributed by atoms with Crippen molar-refractivity contribution in [2.24, 2.45) is 0 Å². The summed E-state index contributed by atoms with van der Waals surface area (Å²) in [5.41, 5.74) is 1.03. The summed E-state index contributed by atoms with van der Waals surface area (Å²) in [7, 11) is 1.92. The smallest absolute Gasteiger partial charge is 0.246 e. The second-order valence-electron chi connectivity index (χ2n) is 5.06. The van der Waals surface area contributed by atoms with Gasteiger partial charge in [-0.05, 0) is 18.6 Å². The van der Waals surface area contributed by atoms with Crippen LogP contribution in [0.4, 0.5) is 5.69 Å². The molecule has 0 aromatic heterocycles. The van der Waals surface area contributed by atoms with Gasteiger partial charge in [-0.3, -0.25) is 14.4 Å². The predicted octanol–water partition coefficient (Wildman–Crippen LogP) is 1.67. The number of nitrogens with zero attached hydrogens (tertiary/aromatic N) is 3. The lowest BCUT2D eigenvalue weighted by molar-refractivity contribution is -0.446. The average molecular weight is 275 g/mol. The van der Waals surface area contributed by atoms with Gasteiger partial charge in [-0.2, -0.15) is 0 Å². The number of amidine groups is 1. The van der Waals surface area contributed by atoms with Crippen LogP contribution in [-0.4, -0.2) is 48.1 Å². The van der Waals surface area contributed by atoms with Crippen LogP contribution in [0.2, 0.25) is 0 Å². The van der Waals surface area contributed by atoms with Crippen molar-refractivity contribution in [3.8, 4) is 0 Å². The van der Waals surface area contributed by atoms with Gasteiger partial charge in [0.25, 0.3) is 0 Å². The molecule has 0 radical (unpaired) electrons. The summed E-state index contributed by atoms with van der Waals surface area (Å²) in [5, 5.41) is 10.6. The lowest BCUT2D eigenvalue weighted by Gasteiger charge is -2.14. The molecular weight excluding hydrogens is 254 g/mol. The van der Waals surface area contributed by atoms with Crippen molar-refractivity contribution < 1.29 is 9.53 Å². The van der Waals surface area contributed by atoms with Crippen LogP contribution in [0.1, 0.15) is 19.8 Å². The third-order valence-corrected chi connectivity index (χ3v) is 3.69. The Hall–Kier alpha value is -2.04. The number of anilines is 1. The van der Waals surface area contributed by atoms with E-state index in [-0.39, 0.29) is 5.91 Å². The highest BCUT2D eigenvalue weighted by Crippen LogP contribution is 2.19. The number of hydroxylamine groups is 1. The maximum Gasteiger partial charge on any atom is 0.246 e. The topological polar surface area (TPSA) is 49.6 Å². The molecule has 20 heavy (non-hydrogen) atoms. The summed E-state index contributed by atoms with van der Waals surface area (Å²) in [4.78, 5) is 15.1. The molecule has 1 amide bonds. The van der Waals surface area contributed by atoms with E-state index in [1.54, 1.807) is 0 Å². The second-order valence-corrected chi connectivity index (χ2v) is 5.06. The Morgan fingerprint density at radius 2 is 1.90 bits per heavy atom. The molecule has 108 valence electrons. The van der Waals surface area contributed by atoms with Crippen molar-refractivity contribution in [3.63, 3.8) is 0 Å². The normalized spacial score (nSPS) is 18.4. The van der Waals surface area contributed by atoms with E-state index in [2.05, 4.69) is 0 Å². The van der Waals surface area contributed by atoms with Gasteiger partial charge in [0.2, 0.25) is 11.7 Å². The molecule has 2 heterocycles. The molecule has 0 aliphatic carbocycles. The monoisotopic (exact) mass is 275 g/mol. The zero-order chi connectivity index (χ0) is 14.5. The van der Waals surface area contributed by atoms with Crippen molar-refractivity contribution >= 4 is 17.4 Å². The largest absolute Gasteiger partial charge is 0.715 e. The van der Waals surface area contributed by atoms with Gasteiger partial charge < -0.3 is 10.1 Å². The molecule has 1 fully saturated rings. The van der Waals surface area contributed by atoms with E-state index in [1.807, 2.05) is 54.1 Å². The quantitative estimate of drug-likeness (QED) is 0.578. The number of para-hydroxylation sites is 1.